The van der Waals surface area contributed by atoms with E-state index in [-0.39, 0.29) is 0 Å². The molecule has 0 amide bonds. The minimum Gasteiger partial charge on any atom is -0.507 e. The number of halogens is 1. The van der Waals surface area contributed by atoms with Crippen LogP contribution in [0.15, 0.2) is 28.1 Å². The molecular weight excluding hydrogens is 298 g/mol. The number of nitrogens with one attached hydrogen (secondary N) is 1. The van der Waals surface area contributed by atoms with Crippen LogP contribution in [0, 0.1) is 13.8 Å². The third-order valence-electron chi connectivity index (χ3n) is 2.76. The Bertz CT molecular complexity index is 536. The van der Waals surface area contributed by atoms with Gasteiger partial charge >= 0.3 is 0 Å². The Hall–Kier alpha value is -1.00. The SMILES string of the molecule is Cc1ccc(NCc2sccc2Br)c(C)c1O. The molecule has 2 N–H and O–H groups in total. The zero-order valence-electron chi connectivity index (χ0n) is 9.75. The lowest BCUT2D eigenvalue weighted by atomic mass is 10.1. The molecule has 2 rings (SSSR count). The minimum absolute atomic E-state index is 0.375. The maximum atomic E-state index is 9.85. The summed E-state index contributed by atoms with van der Waals surface area (Å²) >= 11 is 5.22. The van der Waals surface area contributed by atoms with Gasteiger partial charge in [-0.05, 0) is 52.9 Å². The smallest absolute Gasteiger partial charge is 0.123 e. The maximum absolute atomic E-state index is 9.85. The quantitative estimate of drug-likeness (QED) is 0.878. The standard InChI is InChI=1S/C13H14BrNOS/c1-8-3-4-11(9(2)13(8)16)15-7-12-10(14)5-6-17-12/h3-6,15-16H,7H2,1-2H3. The summed E-state index contributed by atoms with van der Waals surface area (Å²) < 4.78 is 1.13. The van der Waals surface area contributed by atoms with Crippen molar-refractivity contribution in [2.75, 3.05) is 5.32 Å². The average Bonchev–Trinajstić information content (AvgIpc) is 2.71. The number of phenolic OH excluding ortho intramolecular Hbond substituents is 1. The molecule has 0 aliphatic heterocycles. The van der Waals surface area contributed by atoms with Crippen molar-refractivity contribution in [1.82, 2.24) is 0 Å². The van der Waals surface area contributed by atoms with Crippen LogP contribution in [0.5, 0.6) is 5.75 Å². The Kier molecular flexibility index (Phi) is 3.74. The summed E-state index contributed by atoms with van der Waals surface area (Å²) in [6.07, 6.45) is 0. The van der Waals surface area contributed by atoms with E-state index >= 15 is 0 Å². The first-order chi connectivity index (χ1) is 8.09. The molecule has 0 saturated carbocycles. The van der Waals surface area contributed by atoms with Crippen LogP contribution >= 0.6 is 27.3 Å². The molecule has 2 aromatic rings. The first-order valence-electron chi connectivity index (χ1n) is 5.34. The molecule has 2 nitrogen and oxygen atoms in total. The third-order valence-corrected chi connectivity index (χ3v) is 4.69. The molecule has 1 aromatic carbocycles. The Labute approximate surface area is 113 Å². The van der Waals surface area contributed by atoms with E-state index in [9.17, 15) is 5.11 Å². The summed E-state index contributed by atoms with van der Waals surface area (Å²) in [5.74, 6) is 0.375. The van der Waals surface area contributed by atoms with Gasteiger partial charge in [-0.2, -0.15) is 0 Å². The Balaban J connectivity index is 2.15. The first-order valence-corrected chi connectivity index (χ1v) is 7.01. The number of phenols is 1. The zero-order chi connectivity index (χ0) is 12.4. The van der Waals surface area contributed by atoms with Gasteiger partial charge in [-0.15, -0.1) is 11.3 Å². The summed E-state index contributed by atoms with van der Waals surface area (Å²) in [7, 11) is 0. The number of thiophene rings is 1. The third kappa shape index (κ3) is 2.64. The summed E-state index contributed by atoms with van der Waals surface area (Å²) in [4.78, 5) is 1.25. The van der Waals surface area contributed by atoms with E-state index in [1.165, 1.54) is 4.88 Å². The van der Waals surface area contributed by atoms with Crippen LogP contribution in [-0.4, -0.2) is 5.11 Å². The summed E-state index contributed by atoms with van der Waals surface area (Å²) in [5, 5.41) is 15.3. The number of hydrogen-bond acceptors (Lipinski definition) is 3. The van der Waals surface area contributed by atoms with Crippen LogP contribution < -0.4 is 5.32 Å². The van der Waals surface area contributed by atoms with Gasteiger partial charge in [0, 0.05) is 20.6 Å². The number of rotatable bonds is 3. The zero-order valence-corrected chi connectivity index (χ0v) is 12.2. The molecule has 0 bridgehead atoms. The summed E-state index contributed by atoms with van der Waals surface area (Å²) in [5.41, 5.74) is 2.79. The predicted octanol–water partition coefficient (Wildman–Crippen LogP) is 4.45. The van der Waals surface area contributed by atoms with Crippen molar-refractivity contribution in [2.45, 2.75) is 20.4 Å². The number of aryl methyl sites for hydroxylation is 1. The van der Waals surface area contributed by atoms with Gasteiger partial charge in [-0.25, -0.2) is 0 Å². The fraction of sp³-hybridized carbons (Fsp3) is 0.231. The highest BCUT2D eigenvalue weighted by molar-refractivity contribution is 9.10. The molecule has 0 atom stereocenters. The molecule has 0 saturated heterocycles. The van der Waals surface area contributed by atoms with E-state index in [1.807, 2.05) is 32.0 Å². The fourth-order valence-electron chi connectivity index (χ4n) is 1.65. The van der Waals surface area contributed by atoms with Gasteiger partial charge in [-0.3, -0.25) is 0 Å². The number of benzene rings is 1. The first kappa shape index (κ1) is 12.5. The Morgan fingerprint density at radius 2 is 2.06 bits per heavy atom. The number of aromatic hydroxyl groups is 1. The molecule has 0 radical (unpaired) electrons. The van der Waals surface area contributed by atoms with Gasteiger partial charge < -0.3 is 10.4 Å². The molecule has 17 heavy (non-hydrogen) atoms. The molecule has 1 aromatic heterocycles. The van der Waals surface area contributed by atoms with Gasteiger partial charge in [0.25, 0.3) is 0 Å². The largest absolute Gasteiger partial charge is 0.507 e. The molecule has 0 fully saturated rings. The molecule has 4 heteroatoms. The second kappa shape index (κ2) is 5.10. The summed E-state index contributed by atoms with van der Waals surface area (Å²) in [6.45, 7) is 4.59. The van der Waals surface area contributed by atoms with Crippen molar-refractivity contribution in [1.29, 1.82) is 0 Å². The van der Waals surface area contributed by atoms with Crippen molar-refractivity contribution >= 4 is 33.0 Å². The number of anilines is 1. The van der Waals surface area contributed by atoms with E-state index in [0.29, 0.717) is 5.75 Å². The van der Waals surface area contributed by atoms with Crippen LogP contribution in [0.1, 0.15) is 16.0 Å². The van der Waals surface area contributed by atoms with Crippen LogP contribution in [0.3, 0.4) is 0 Å². The lowest BCUT2D eigenvalue weighted by Gasteiger charge is -2.11. The minimum atomic E-state index is 0.375. The molecule has 0 spiro atoms. The van der Waals surface area contributed by atoms with Gasteiger partial charge in [0.2, 0.25) is 0 Å². The Morgan fingerprint density at radius 3 is 2.71 bits per heavy atom. The average molecular weight is 312 g/mol. The lowest BCUT2D eigenvalue weighted by Crippen LogP contribution is -2.00. The Morgan fingerprint density at radius 1 is 1.29 bits per heavy atom. The molecule has 0 aliphatic carbocycles. The molecule has 1 heterocycles. The monoisotopic (exact) mass is 311 g/mol. The van der Waals surface area contributed by atoms with Crippen molar-refractivity contribution in [3.63, 3.8) is 0 Å². The van der Waals surface area contributed by atoms with Crippen LogP contribution in [0.4, 0.5) is 5.69 Å². The van der Waals surface area contributed by atoms with Crippen LogP contribution in [0.25, 0.3) is 0 Å². The highest BCUT2D eigenvalue weighted by Gasteiger charge is 2.07. The van der Waals surface area contributed by atoms with Gasteiger partial charge in [0.15, 0.2) is 0 Å². The van der Waals surface area contributed by atoms with Crippen molar-refractivity contribution in [3.05, 3.63) is 44.1 Å². The molecule has 0 unspecified atom stereocenters. The van der Waals surface area contributed by atoms with Crippen LogP contribution in [-0.2, 0) is 6.54 Å². The number of hydrogen-bond donors (Lipinski definition) is 2. The fourth-order valence-corrected chi connectivity index (χ4v) is 3.09. The molecular formula is C13H14BrNOS. The molecule has 0 aliphatic rings. The van der Waals surface area contributed by atoms with Gasteiger partial charge in [0.1, 0.15) is 5.75 Å². The van der Waals surface area contributed by atoms with E-state index in [0.717, 1.165) is 27.8 Å². The highest BCUT2D eigenvalue weighted by atomic mass is 79.9. The topological polar surface area (TPSA) is 32.3 Å². The van der Waals surface area contributed by atoms with Gasteiger partial charge in [0.05, 0.1) is 6.54 Å². The normalized spacial score (nSPS) is 10.5. The summed E-state index contributed by atoms with van der Waals surface area (Å²) in [6, 6.07) is 5.97. The van der Waals surface area contributed by atoms with Crippen molar-refractivity contribution in [2.24, 2.45) is 0 Å². The predicted molar refractivity (Wildman–Crippen MR) is 76.9 cm³/mol. The van der Waals surface area contributed by atoms with Crippen LogP contribution in [0.2, 0.25) is 0 Å². The van der Waals surface area contributed by atoms with Gasteiger partial charge in [-0.1, -0.05) is 6.07 Å². The second-order valence-corrected chi connectivity index (χ2v) is 5.80. The van der Waals surface area contributed by atoms with E-state index in [2.05, 4.69) is 26.6 Å². The second-order valence-electron chi connectivity index (χ2n) is 3.95. The van der Waals surface area contributed by atoms with E-state index < -0.39 is 0 Å². The molecule has 90 valence electrons. The van der Waals surface area contributed by atoms with Crippen molar-refractivity contribution in [3.8, 4) is 5.75 Å². The maximum Gasteiger partial charge on any atom is 0.123 e. The highest BCUT2D eigenvalue weighted by Crippen LogP contribution is 2.29. The lowest BCUT2D eigenvalue weighted by molar-refractivity contribution is 0.467. The van der Waals surface area contributed by atoms with Crippen molar-refractivity contribution < 1.29 is 5.11 Å². The van der Waals surface area contributed by atoms with E-state index in [1.54, 1.807) is 11.3 Å². The van der Waals surface area contributed by atoms with E-state index in [4.69, 9.17) is 0 Å².